The highest BCUT2D eigenvalue weighted by molar-refractivity contribution is 6.01. The van der Waals surface area contributed by atoms with E-state index in [0.29, 0.717) is 11.4 Å². The Hall–Kier alpha value is -3.42. The fourth-order valence-corrected chi connectivity index (χ4v) is 2.52. The molecule has 0 aliphatic rings. The number of esters is 1. The van der Waals surface area contributed by atoms with Crippen LogP contribution in [0.4, 0.5) is 17.1 Å². The van der Waals surface area contributed by atoms with Crippen molar-refractivity contribution in [3.05, 3.63) is 64.2 Å². The number of likely N-dealkylation sites (N-methyl/N-ethyl adjacent to an activating group) is 1. The summed E-state index contributed by atoms with van der Waals surface area (Å²) in [5.41, 5.74) is 0.917. The van der Waals surface area contributed by atoms with Crippen LogP contribution in [-0.4, -0.2) is 44.0 Å². The summed E-state index contributed by atoms with van der Waals surface area (Å²) >= 11 is 0. The molecule has 0 aliphatic heterocycles. The molecule has 8 heteroatoms. The molecule has 0 unspecified atom stereocenters. The molecule has 27 heavy (non-hydrogen) atoms. The van der Waals surface area contributed by atoms with E-state index in [9.17, 15) is 19.7 Å². The second-order valence-electron chi connectivity index (χ2n) is 6.13. The summed E-state index contributed by atoms with van der Waals surface area (Å²) in [5.74, 6) is -1.21. The van der Waals surface area contributed by atoms with Crippen molar-refractivity contribution in [2.45, 2.75) is 13.0 Å². The molecule has 0 fully saturated rings. The van der Waals surface area contributed by atoms with Crippen molar-refractivity contribution in [2.75, 3.05) is 30.9 Å². The molecule has 0 radical (unpaired) electrons. The predicted molar refractivity (Wildman–Crippen MR) is 102 cm³/mol. The number of nitrogens with zero attached hydrogens (tertiary/aromatic N) is 3. The number of rotatable bonds is 6. The van der Waals surface area contributed by atoms with Crippen LogP contribution in [0.1, 0.15) is 17.3 Å². The molecule has 0 aromatic heterocycles. The minimum atomic E-state index is -1.06. The number of hydrogen-bond acceptors (Lipinski definition) is 6. The molecule has 0 aliphatic carbocycles. The number of carbonyl (C=O) groups is 2. The normalized spacial score (nSPS) is 11.4. The van der Waals surface area contributed by atoms with Crippen molar-refractivity contribution in [3.63, 3.8) is 0 Å². The summed E-state index contributed by atoms with van der Waals surface area (Å²) in [6.45, 7) is 1.46. The number of hydrogen-bond donors (Lipinski definition) is 0. The molecule has 0 spiro atoms. The molecule has 2 aromatic carbocycles. The molecule has 0 heterocycles. The Labute approximate surface area is 157 Å². The van der Waals surface area contributed by atoms with Crippen molar-refractivity contribution in [1.29, 1.82) is 0 Å². The first-order valence-electron chi connectivity index (χ1n) is 8.21. The average molecular weight is 371 g/mol. The third kappa shape index (κ3) is 4.60. The molecule has 0 saturated carbocycles. The Bertz CT molecular complexity index is 852. The van der Waals surface area contributed by atoms with Gasteiger partial charge < -0.3 is 14.5 Å². The lowest BCUT2D eigenvalue weighted by molar-refractivity contribution is -0.384. The zero-order valence-electron chi connectivity index (χ0n) is 15.6. The second kappa shape index (κ2) is 8.31. The molecule has 2 aromatic rings. The van der Waals surface area contributed by atoms with Crippen molar-refractivity contribution >= 4 is 28.9 Å². The number of carbonyl (C=O) groups excluding carboxylic acids is 2. The van der Waals surface area contributed by atoms with E-state index in [2.05, 4.69) is 0 Å². The number of para-hydroxylation sites is 1. The van der Waals surface area contributed by atoms with Gasteiger partial charge in [0, 0.05) is 39.0 Å². The lowest BCUT2D eigenvalue weighted by atomic mass is 10.1. The molecule has 1 atom stereocenters. The van der Waals surface area contributed by atoms with Crippen LogP contribution >= 0.6 is 0 Å². The SMILES string of the molecule is C[C@H](OC(=O)c1cc([N+](=O)[O-])ccc1N(C)C)C(=O)N(C)c1ccccc1. The zero-order chi connectivity index (χ0) is 20.1. The minimum Gasteiger partial charge on any atom is -0.449 e. The quantitative estimate of drug-likeness (QED) is 0.440. The lowest BCUT2D eigenvalue weighted by Gasteiger charge is -2.22. The summed E-state index contributed by atoms with van der Waals surface area (Å²) in [4.78, 5) is 38.6. The van der Waals surface area contributed by atoms with E-state index in [1.54, 1.807) is 50.3 Å². The van der Waals surface area contributed by atoms with Crippen LogP contribution in [0.25, 0.3) is 0 Å². The van der Waals surface area contributed by atoms with Gasteiger partial charge in [-0.25, -0.2) is 4.79 Å². The van der Waals surface area contributed by atoms with Crippen molar-refractivity contribution < 1.29 is 19.2 Å². The van der Waals surface area contributed by atoms with Gasteiger partial charge in [0.15, 0.2) is 6.10 Å². The molecule has 0 bridgehead atoms. The van der Waals surface area contributed by atoms with Gasteiger partial charge >= 0.3 is 5.97 Å². The number of ether oxygens (including phenoxy) is 1. The Morgan fingerprint density at radius 2 is 1.70 bits per heavy atom. The van der Waals surface area contributed by atoms with E-state index in [0.717, 1.165) is 6.07 Å². The van der Waals surface area contributed by atoms with Gasteiger partial charge in [0.05, 0.1) is 16.2 Å². The average Bonchev–Trinajstić information content (AvgIpc) is 2.66. The molecule has 2 rings (SSSR count). The zero-order valence-corrected chi connectivity index (χ0v) is 15.6. The maximum atomic E-state index is 12.6. The van der Waals surface area contributed by atoms with Gasteiger partial charge in [-0.2, -0.15) is 0 Å². The molecule has 142 valence electrons. The molecule has 0 N–H and O–H groups in total. The smallest absolute Gasteiger partial charge is 0.341 e. The number of anilines is 2. The standard InChI is InChI=1S/C19H21N3O5/c1-13(18(23)21(4)14-8-6-5-7-9-14)27-19(24)16-12-15(22(25)26)10-11-17(16)20(2)3/h5-13H,1-4H3/t13-/m0/s1. The van der Waals surface area contributed by atoms with Gasteiger partial charge in [0.1, 0.15) is 0 Å². The number of amides is 1. The van der Waals surface area contributed by atoms with Gasteiger partial charge in [-0.3, -0.25) is 14.9 Å². The third-order valence-electron chi connectivity index (χ3n) is 4.00. The molecular formula is C19H21N3O5. The van der Waals surface area contributed by atoms with Gasteiger partial charge in [-0.05, 0) is 25.1 Å². The fraction of sp³-hybridized carbons (Fsp3) is 0.263. The van der Waals surface area contributed by atoms with Crippen LogP contribution in [0.15, 0.2) is 48.5 Å². The maximum Gasteiger partial charge on any atom is 0.341 e. The number of nitro benzene ring substituents is 1. The van der Waals surface area contributed by atoms with E-state index in [-0.39, 0.29) is 11.3 Å². The molecule has 8 nitrogen and oxygen atoms in total. The topological polar surface area (TPSA) is 93.0 Å². The predicted octanol–water partition coefficient (Wildman–Crippen LogP) is 2.87. The minimum absolute atomic E-state index is 0.0243. The van der Waals surface area contributed by atoms with Crippen LogP contribution in [-0.2, 0) is 9.53 Å². The van der Waals surface area contributed by atoms with Crippen LogP contribution in [0.5, 0.6) is 0 Å². The van der Waals surface area contributed by atoms with E-state index < -0.39 is 22.9 Å². The van der Waals surface area contributed by atoms with Gasteiger partial charge in [-0.15, -0.1) is 0 Å². The first-order valence-corrected chi connectivity index (χ1v) is 8.21. The third-order valence-corrected chi connectivity index (χ3v) is 4.00. The maximum absolute atomic E-state index is 12.6. The lowest BCUT2D eigenvalue weighted by Crippen LogP contribution is -2.37. The number of non-ortho nitro benzene ring substituents is 1. The Balaban J connectivity index is 2.22. The first kappa shape index (κ1) is 19.9. The van der Waals surface area contributed by atoms with E-state index in [1.165, 1.54) is 24.0 Å². The monoisotopic (exact) mass is 371 g/mol. The summed E-state index contributed by atoms with van der Waals surface area (Å²) in [6.07, 6.45) is -1.06. The highest BCUT2D eigenvalue weighted by Gasteiger charge is 2.26. The van der Waals surface area contributed by atoms with E-state index in [1.807, 2.05) is 6.07 Å². The van der Waals surface area contributed by atoms with Crippen molar-refractivity contribution in [1.82, 2.24) is 0 Å². The van der Waals surface area contributed by atoms with Gasteiger partial charge in [0.25, 0.3) is 11.6 Å². The Kier molecular flexibility index (Phi) is 6.12. The number of benzene rings is 2. The summed E-state index contributed by atoms with van der Waals surface area (Å²) in [6, 6.07) is 12.9. The summed E-state index contributed by atoms with van der Waals surface area (Å²) < 4.78 is 5.29. The summed E-state index contributed by atoms with van der Waals surface area (Å²) in [5, 5.41) is 11.0. The molecule has 1 amide bonds. The second-order valence-corrected chi connectivity index (χ2v) is 6.13. The highest BCUT2D eigenvalue weighted by atomic mass is 16.6. The van der Waals surface area contributed by atoms with Gasteiger partial charge in [-0.1, -0.05) is 18.2 Å². The summed E-state index contributed by atoms with van der Waals surface area (Å²) in [7, 11) is 4.99. The van der Waals surface area contributed by atoms with Crippen LogP contribution in [0, 0.1) is 10.1 Å². The highest BCUT2D eigenvalue weighted by Crippen LogP contribution is 2.25. The Morgan fingerprint density at radius 3 is 2.26 bits per heavy atom. The Morgan fingerprint density at radius 1 is 1.07 bits per heavy atom. The van der Waals surface area contributed by atoms with E-state index >= 15 is 0 Å². The fourth-order valence-electron chi connectivity index (χ4n) is 2.52. The van der Waals surface area contributed by atoms with Crippen LogP contribution in [0.3, 0.4) is 0 Å². The van der Waals surface area contributed by atoms with Crippen LogP contribution < -0.4 is 9.80 Å². The molecular weight excluding hydrogens is 350 g/mol. The van der Waals surface area contributed by atoms with E-state index in [4.69, 9.17) is 4.74 Å². The first-order chi connectivity index (χ1) is 12.7. The van der Waals surface area contributed by atoms with Gasteiger partial charge in [0.2, 0.25) is 0 Å². The van der Waals surface area contributed by atoms with Crippen LogP contribution in [0.2, 0.25) is 0 Å². The number of nitro groups is 1. The van der Waals surface area contributed by atoms with Crippen molar-refractivity contribution in [3.8, 4) is 0 Å². The largest absolute Gasteiger partial charge is 0.449 e. The molecule has 0 saturated heterocycles. The van der Waals surface area contributed by atoms with Crippen molar-refractivity contribution in [2.24, 2.45) is 0 Å².